The number of hydrogen-bond acceptors (Lipinski definition) is 5. The van der Waals surface area contributed by atoms with Crippen LogP contribution < -0.4 is 15.2 Å². The first-order valence-corrected chi connectivity index (χ1v) is 9.26. The number of fused-ring (bicyclic) bond motifs is 1. The molecule has 1 aromatic heterocycles. The second-order valence-corrected chi connectivity index (χ2v) is 7.73. The third kappa shape index (κ3) is 3.50. The summed E-state index contributed by atoms with van der Waals surface area (Å²) in [7, 11) is 0. The molecule has 6 heteroatoms. The number of H-pyrrole nitrogens is 1. The normalized spacial score (nSPS) is 16.5. The van der Waals surface area contributed by atoms with Crippen LogP contribution in [0.15, 0.2) is 35.7 Å². The van der Waals surface area contributed by atoms with Crippen LogP contribution in [0.1, 0.15) is 63.3 Å². The van der Waals surface area contributed by atoms with E-state index in [-0.39, 0.29) is 17.2 Å². The lowest BCUT2D eigenvalue weighted by Gasteiger charge is -2.28. The molecular formula is C21H26N4O2. The third-order valence-electron chi connectivity index (χ3n) is 4.67. The van der Waals surface area contributed by atoms with Gasteiger partial charge < -0.3 is 15.2 Å². The lowest BCUT2D eigenvalue weighted by atomic mass is 9.78. The van der Waals surface area contributed by atoms with Gasteiger partial charge in [0, 0.05) is 16.7 Å². The molecular weight excluding hydrogens is 340 g/mol. The fourth-order valence-corrected chi connectivity index (χ4v) is 3.30. The Labute approximate surface area is 160 Å². The summed E-state index contributed by atoms with van der Waals surface area (Å²) in [6.45, 7) is 9.03. The number of aromatic amines is 1. The highest BCUT2D eigenvalue weighted by atomic mass is 16.5. The number of ether oxygens (including phenoxy) is 2. The van der Waals surface area contributed by atoms with E-state index in [1.165, 1.54) is 0 Å². The van der Waals surface area contributed by atoms with Crippen LogP contribution in [-0.2, 0) is 5.41 Å². The Bertz CT molecular complexity index is 900. The Kier molecular flexibility index (Phi) is 5.13. The van der Waals surface area contributed by atoms with Crippen LogP contribution in [-0.4, -0.2) is 16.8 Å². The monoisotopic (exact) mass is 366 g/mol. The topological polar surface area (TPSA) is 96.9 Å². The number of benzene rings is 1. The molecule has 3 N–H and O–H groups in total. The van der Waals surface area contributed by atoms with Crippen molar-refractivity contribution in [1.82, 2.24) is 10.2 Å². The van der Waals surface area contributed by atoms with Crippen molar-refractivity contribution in [3.05, 3.63) is 52.5 Å². The van der Waals surface area contributed by atoms with E-state index in [1.807, 2.05) is 24.3 Å². The van der Waals surface area contributed by atoms with E-state index >= 15 is 0 Å². The van der Waals surface area contributed by atoms with Crippen molar-refractivity contribution in [2.24, 2.45) is 5.73 Å². The average molecular weight is 366 g/mol. The minimum atomic E-state index is -0.385. The van der Waals surface area contributed by atoms with Gasteiger partial charge in [-0.25, -0.2) is 0 Å². The molecule has 2 heterocycles. The predicted octanol–water partition coefficient (Wildman–Crippen LogP) is 4.10. The van der Waals surface area contributed by atoms with E-state index < -0.39 is 0 Å². The van der Waals surface area contributed by atoms with Crippen LogP contribution in [0.3, 0.4) is 0 Å². The van der Waals surface area contributed by atoms with Gasteiger partial charge in [0.25, 0.3) is 0 Å². The van der Waals surface area contributed by atoms with Crippen LogP contribution in [0.2, 0.25) is 0 Å². The molecule has 1 atom stereocenters. The number of allylic oxidation sites excluding steroid dienone is 1. The SMILES string of the molecule is CCCCOc1ccccc1[C@@H]1C(C#N)=C(N)Oc2n[nH]c(C(C)(C)C)c21. The molecule has 0 spiro atoms. The molecule has 0 radical (unpaired) electrons. The van der Waals surface area contributed by atoms with Gasteiger partial charge in [-0.05, 0) is 12.5 Å². The molecule has 142 valence electrons. The molecule has 1 aliphatic heterocycles. The Morgan fingerprint density at radius 3 is 2.74 bits per heavy atom. The van der Waals surface area contributed by atoms with E-state index in [4.69, 9.17) is 15.2 Å². The molecule has 0 aliphatic carbocycles. The summed E-state index contributed by atoms with van der Waals surface area (Å²) < 4.78 is 11.7. The second kappa shape index (κ2) is 7.36. The fourth-order valence-electron chi connectivity index (χ4n) is 3.30. The molecule has 0 amide bonds. The number of nitrogens with one attached hydrogen (secondary N) is 1. The maximum Gasteiger partial charge on any atom is 0.244 e. The van der Waals surface area contributed by atoms with Gasteiger partial charge in [0.1, 0.15) is 17.4 Å². The first kappa shape index (κ1) is 18.8. The fraction of sp³-hybridized carbons (Fsp3) is 0.429. The van der Waals surface area contributed by atoms with Gasteiger partial charge in [-0.1, -0.05) is 52.3 Å². The molecule has 1 aromatic carbocycles. The predicted molar refractivity (Wildman–Crippen MR) is 103 cm³/mol. The van der Waals surface area contributed by atoms with Crippen molar-refractivity contribution in [3.63, 3.8) is 0 Å². The molecule has 27 heavy (non-hydrogen) atoms. The highest BCUT2D eigenvalue weighted by molar-refractivity contribution is 5.58. The standard InChI is InChI=1S/C21H26N4O2/c1-5-6-11-26-15-10-8-7-9-13(15)16-14(12-22)19(23)27-20-17(16)18(24-25-20)21(2,3)4/h7-10,16H,5-6,11,23H2,1-4H3,(H,24,25)/t16-/m1/s1. The van der Waals surface area contributed by atoms with E-state index in [1.54, 1.807) is 0 Å². The van der Waals surface area contributed by atoms with E-state index in [2.05, 4.69) is 44.0 Å². The summed E-state index contributed by atoms with van der Waals surface area (Å²) in [5, 5.41) is 17.2. The van der Waals surface area contributed by atoms with Gasteiger partial charge >= 0.3 is 0 Å². The Hall–Kier alpha value is -2.94. The van der Waals surface area contributed by atoms with Crippen LogP contribution in [0.4, 0.5) is 0 Å². The summed E-state index contributed by atoms with van der Waals surface area (Å²) in [6, 6.07) is 10.0. The number of rotatable bonds is 5. The summed E-state index contributed by atoms with van der Waals surface area (Å²) in [5.41, 5.74) is 8.90. The maximum atomic E-state index is 9.82. The van der Waals surface area contributed by atoms with Crippen molar-refractivity contribution >= 4 is 0 Å². The number of nitrogens with zero attached hydrogens (tertiary/aromatic N) is 2. The Morgan fingerprint density at radius 1 is 1.33 bits per heavy atom. The van der Waals surface area contributed by atoms with Crippen LogP contribution in [0, 0.1) is 11.3 Å². The molecule has 0 fully saturated rings. The molecule has 2 aromatic rings. The summed E-state index contributed by atoms with van der Waals surface area (Å²) in [5.74, 6) is 0.880. The van der Waals surface area contributed by atoms with E-state index in [0.29, 0.717) is 18.1 Å². The molecule has 1 aliphatic rings. The summed E-state index contributed by atoms with van der Waals surface area (Å²) in [6.07, 6.45) is 2.02. The lowest BCUT2D eigenvalue weighted by Crippen LogP contribution is -2.24. The zero-order valence-electron chi connectivity index (χ0n) is 16.3. The minimum Gasteiger partial charge on any atom is -0.493 e. The quantitative estimate of drug-likeness (QED) is 0.776. The van der Waals surface area contributed by atoms with Crippen molar-refractivity contribution in [3.8, 4) is 17.7 Å². The van der Waals surface area contributed by atoms with Crippen LogP contribution in [0.5, 0.6) is 11.6 Å². The zero-order chi connectivity index (χ0) is 19.6. The Morgan fingerprint density at radius 2 is 2.07 bits per heavy atom. The highest BCUT2D eigenvalue weighted by Crippen LogP contribution is 2.47. The van der Waals surface area contributed by atoms with Crippen LogP contribution >= 0.6 is 0 Å². The van der Waals surface area contributed by atoms with Gasteiger partial charge in [0.05, 0.1) is 18.1 Å². The van der Waals surface area contributed by atoms with Crippen LogP contribution in [0.25, 0.3) is 0 Å². The zero-order valence-corrected chi connectivity index (χ0v) is 16.3. The number of aromatic nitrogens is 2. The maximum absolute atomic E-state index is 9.82. The van der Waals surface area contributed by atoms with E-state index in [9.17, 15) is 5.26 Å². The van der Waals surface area contributed by atoms with Crippen molar-refractivity contribution in [2.45, 2.75) is 51.9 Å². The first-order valence-electron chi connectivity index (χ1n) is 9.26. The molecule has 0 unspecified atom stereocenters. The molecule has 0 bridgehead atoms. The highest BCUT2D eigenvalue weighted by Gasteiger charge is 2.39. The number of nitrogens with two attached hydrogens (primary N) is 1. The molecule has 3 rings (SSSR count). The number of hydrogen-bond donors (Lipinski definition) is 2. The smallest absolute Gasteiger partial charge is 0.244 e. The largest absolute Gasteiger partial charge is 0.493 e. The Balaban J connectivity index is 2.18. The molecule has 6 nitrogen and oxygen atoms in total. The average Bonchev–Trinajstić information content (AvgIpc) is 3.05. The minimum absolute atomic E-state index is 0.0883. The summed E-state index contributed by atoms with van der Waals surface area (Å²) in [4.78, 5) is 0. The second-order valence-electron chi connectivity index (χ2n) is 7.73. The number of para-hydroxylation sites is 1. The van der Waals surface area contributed by atoms with Crippen molar-refractivity contribution in [1.29, 1.82) is 5.26 Å². The number of unbranched alkanes of at least 4 members (excludes halogenated alkanes) is 1. The van der Waals surface area contributed by atoms with Gasteiger partial charge in [-0.15, -0.1) is 5.10 Å². The number of nitriles is 1. The third-order valence-corrected chi connectivity index (χ3v) is 4.67. The van der Waals surface area contributed by atoms with Gasteiger partial charge in [0.15, 0.2) is 0 Å². The first-order chi connectivity index (χ1) is 12.9. The van der Waals surface area contributed by atoms with E-state index in [0.717, 1.165) is 35.4 Å². The summed E-state index contributed by atoms with van der Waals surface area (Å²) >= 11 is 0. The van der Waals surface area contributed by atoms with Gasteiger partial charge in [-0.2, -0.15) is 5.26 Å². The van der Waals surface area contributed by atoms with Gasteiger partial charge in [-0.3, -0.25) is 5.10 Å². The van der Waals surface area contributed by atoms with Crippen molar-refractivity contribution in [2.75, 3.05) is 6.61 Å². The van der Waals surface area contributed by atoms with Crippen molar-refractivity contribution < 1.29 is 9.47 Å². The molecule has 0 saturated carbocycles. The lowest BCUT2D eigenvalue weighted by molar-refractivity contribution is 0.305. The van der Waals surface area contributed by atoms with Gasteiger partial charge in [0.2, 0.25) is 11.8 Å². The molecule has 0 saturated heterocycles.